The summed E-state index contributed by atoms with van der Waals surface area (Å²) in [6.07, 6.45) is 0. The van der Waals surface area contributed by atoms with E-state index in [-0.39, 0.29) is 0 Å². The first-order valence-electron chi connectivity index (χ1n) is 0.569. The second-order valence-corrected chi connectivity index (χ2v) is 0. The second kappa shape index (κ2) is 50.1. The molecular formula is CHCr5-. The molecule has 0 saturated heterocycles. The molecule has 5 heteroatoms. The Kier molecular flexibility index (Phi) is 132. The molecule has 0 aromatic heterocycles. The van der Waals surface area contributed by atoms with Crippen molar-refractivity contribution < 1.29 is 71.2 Å². The molecule has 0 aliphatic rings. The van der Waals surface area contributed by atoms with E-state index in [1.54, 1.807) is 0 Å². The second-order valence-electron chi connectivity index (χ2n) is 0. The van der Waals surface area contributed by atoms with Crippen LogP contribution in [0.1, 0.15) is 0 Å². The van der Waals surface area contributed by atoms with E-state index in [0.717, 1.165) is 0 Å². The van der Waals surface area contributed by atoms with E-state index in [1.807, 2.05) is 0 Å². The zero-order chi connectivity index (χ0) is 6.00. The van der Waals surface area contributed by atoms with E-state index in [9.17, 15) is 0 Å². The molecule has 6 heavy (non-hydrogen) atoms. The molecule has 0 unspecified atom stereocenters. The van der Waals surface area contributed by atoms with Crippen LogP contribution in [0.2, 0.25) is 0 Å². The average molecular weight is 273 g/mol. The molecule has 0 nitrogen and oxygen atoms in total. The Morgan fingerprint density at radius 2 is 0.667 bits per heavy atom. The van der Waals surface area contributed by atoms with Gasteiger partial charge >= 0.3 is 76.6 Å². The summed E-state index contributed by atoms with van der Waals surface area (Å²) in [7, 11) is 0. The van der Waals surface area contributed by atoms with Gasteiger partial charge in [-0.2, -0.15) is 0 Å². The van der Waals surface area contributed by atoms with Crippen LogP contribution in [0, 0.1) is 0 Å². The van der Waals surface area contributed by atoms with Gasteiger partial charge in [-0.05, 0) is 0 Å². The molecule has 0 saturated carbocycles. The van der Waals surface area contributed by atoms with Gasteiger partial charge in [0.15, 0.2) is 0 Å². The third-order valence-corrected chi connectivity index (χ3v) is 0. The molecule has 36 valence electrons. The van der Waals surface area contributed by atoms with Crippen LogP contribution in [-0.4, -0.2) is 5.39 Å². The first kappa shape index (κ1) is 15.8. The fraction of sp³-hybridized carbons (Fsp3) is 0. The summed E-state index contributed by atoms with van der Waals surface area (Å²) in [6, 6.07) is 0. The van der Waals surface area contributed by atoms with Crippen molar-refractivity contribution >= 4 is 5.39 Å². The molecular weight excluding hydrogens is 272 g/mol. The van der Waals surface area contributed by atoms with E-state index >= 15 is 0 Å². The molecule has 0 N–H and O–H groups in total. The third-order valence-electron chi connectivity index (χ3n) is 0. The molecule has 0 amide bonds. The standard InChI is InChI=1S/CH.5Cr/h1H;;;;;/q-1;;;;;. The number of hydrogen-bond donors (Lipinski definition) is 0. The zero-order valence-corrected chi connectivity index (χ0v) is 8.99. The van der Waals surface area contributed by atoms with Gasteiger partial charge in [0.25, 0.3) is 0 Å². The molecule has 0 bridgehead atoms. The summed E-state index contributed by atoms with van der Waals surface area (Å²) in [5, 5.41) is 4.38. The normalized spacial score (nSPS) is 2.00. The van der Waals surface area contributed by atoms with Crippen LogP contribution in [0.25, 0.3) is 0 Å². The summed E-state index contributed by atoms with van der Waals surface area (Å²) in [4.78, 5) is 0. The van der Waals surface area contributed by atoms with E-state index in [2.05, 4.69) is 76.6 Å². The van der Waals surface area contributed by atoms with E-state index in [4.69, 9.17) is 0 Å². The Balaban J connectivity index is -0.0000000225. The predicted octanol–water partition coefficient (Wildman–Crippen LogP) is -0.168. The molecule has 0 atom stereocenters. The van der Waals surface area contributed by atoms with Crippen LogP contribution in [-0.2, 0) is 71.2 Å². The van der Waals surface area contributed by atoms with E-state index < -0.39 is 0 Å². The van der Waals surface area contributed by atoms with Crippen LogP contribution in [0.15, 0.2) is 0 Å². The number of rotatable bonds is 0. The number of hydrogen-bond acceptors (Lipinski definition) is 0. The topological polar surface area (TPSA) is 0 Å². The van der Waals surface area contributed by atoms with Crippen LogP contribution < -0.4 is 0 Å². The van der Waals surface area contributed by atoms with Gasteiger partial charge in [-0.15, -0.1) is 0 Å². The molecule has 0 aromatic rings. The van der Waals surface area contributed by atoms with Crippen LogP contribution >= 0.6 is 0 Å². The van der Waals surface area contributed by atoms with Gasteiger partial charge in [0.2, 0.25) is 0 Å². The summed E-state index contributed by atoms with van der Waals surface area (Å²) < 4.78 is 0. The van der Waals surface area contributed by atoms with Crippen LogP contribution in [0.5, 0.6) is 0 Å². The minimum absolute atomic E-state index is 2.12. The van der Waals surface area contributed by atoms with Crippen molar-refractivity contribution in [1.82, 2.24) is 0 Å². The maximum atomic E-state index is 4.38. The van der Waals surface area contributed by atoms with Crippen molar-refractivity contribution in [2.75, 3.05) is 0 Å². The summed E-state index contributed by atoms with van der Waals surface area (Å²) in [5.74, 6) is 0. The molecule has 0 aliphatic heterocycles. The first-order chi connectivity index (χ1) is 3.00. The van der Waals surface area contributed by atoms with Gasteiger partial charge < -0.3 is 0 Å². The van der Waals surface area contributed by atoms with Crippen molar-refractivity contribution in [2.24, 2.45) is 0 Å². The molecule has 0 aliphatic carbocycles. The van der Waals surface area contributed by atoms with Gasteiger partial charge in [-0.3, -0.25) is 0 Å². The summed E-state index contributed by atoms with van der Waals surface area (Å²) in [5.41, 5.74) is 0. The van der Waals surface area contributed by atoms with Gasteiger partial charge in [0.1, 0.15) is 0 Å². The monoisotopic (exact) mass is 273 g/mol. The van der Waals surface area contributed by atoms with Crippen molar-refractivity contribution in [2.45, 2.75) is 0 Å². The molecule has 0 fully saturated rings. The van der Waals surface area contributed by atoms with Crippen molar-refractivity contribution in [3.63, 3.8) is 0 Å². The Hall–Kier alpha value is 2.53. The molecule has 0 rings (SSSR count). The Labute approximate surface area is 75.5 Å². The van der Waals surface area contributed by atoms with Gasteiger partial charge in [0.05, 0.1) is 0 Å². The third kappa shape index (κ3) is 31.2. The Morgan fingerprint density at radius 1 is 0.667 bits per heavy atom. The quantitative estimate of drug-likeness (QED) is 0.538. The van der Waals surface area contributed by atoms with Crippen molar-refractivity contribution in [1.29, 1.82) is 0 Å². The fourth-order valence-corrected chi connectivity index (χ4v) is 0. The zero-order valence-electron chi connectivity index (χ0n) is 2.62. The molecule has 0 spiro atoms. The average Bonchev–Trinajstić information content (AvgIpc) is 1.81. The van der Waals surface area contributed by atoms with E-state index in [1.165, 1.54) is 0 Å². The first-order valence-corrected chi connectivity index (χ1v) is 6.64. The van der Waals surface area contributed by atoms with Crippen LogP contribution in [0.3, 0.4) is 0 Å². The molecule has 0 radical (unpaired) electrons. The van der Waals surface area contributed by atoms with Gasteiger partial charge in [-0.25, -0.2) is 0 Å². The van der Waals surface area contributed by atoms with Crippen molar-refractivity contribution in [3.05, 3.63) is 0 Å². The Morgan fingerprint density at radius 3 is 0.667 bits per heavy atom. The van der Waals surface area contributed by atoms with E-state index in [0.29, 0.717) is 0 Å². The Bertz CT molecular complexity index is 8.66. The predicted molar refractivity (Wildman–Crippen MR) is 6.06 cm³/mol. The SMILES string of the molecule is [CH-]=[Cr].[Cr]=[Cr].[Cr]=[Cr]. The molecule has 0 heterocycles. The summed E-state index contributed by atoms with van der Waals surface area (Å²) >= 11 is 12.1. The minimum atomic E-state index is 2.12. The maximum absolute atomic E-state index is 4.38. The fourth-order valence-electron chi connectivity index (χ4n) is 0. The van der Waals surface area contributed by atoms with Gasteiger partial charge in [0, 0.05) is 0 Å². The van der Waals surface area contributed by atoms with Gasteiger partial charge in [-0.1, -0.05) is 0 Å². The molecule has 0 aromatic carbocycles. The summed E-state index contributed by atoms with van der Waals surface area (Å²) in [6.45, 7) is 0. The van der Waals surface area contributed by atoms with Crippen molar-refractivity contribution in [3.8, 4) is 0 Å². The van der Waals surface area contributed by atoms with Crippen LogP contribution in [0.4, 0.5) is 0 Å².